The molecule has 15 heavy (non-hydrogen) atoms. The van der Waals surface area contributed by atoms with E-state index >= 15 is 0 Å². The molecule has 0 aromatic carbocycles. The van der Waals surface area contributed by atoms with Crippen LogP contribution in [0.5, 0.6) is 0 Å². The second kappa shape index (κ2) is 6.12. The van der Waals surface area contributed by atoms with Crippen LogP contribution < -0.4 is 0 Å². The van der Waals surface area contributed by atoms with Crippen molar-refractivity contribution in [1.29, 1.82) is 0 Å². The zero-order valence-electron chi connectivity index (χ0n) is 11.0. The lowest BCUT2D eigenvalue weighted by atomic mass is 9.65. The molecule has 0 unspecified atom stereocenters. The summed E-state index contributed by atoms with van der Waals surface area (Å²) in [6.45, 7) is 11.0. The first-order valence-electron chi connectivity index (χ1n) is 6.09. The highest BCUT2D eigenvalue weighted by Gasteiger charge is 2.34. The van der Waals surface area contributed by atoms with Crippen molar-refractivity contribution in [1.82, 2.24) is 0 Å². The van der Waals surface area contributed by atoms with Gasteiger partial charge < -0.3 is 0 Å². The van der Waals surface area contributed by atoms with E-state index in [4.69, 9.17) is 0 Å². The molecule has 0 radical (unpaired) electrons. The average Bonchev–Trinajstić information content (AvgIpc) is 2.12. The second-order valence-electron chi connectivity index (χ2n) is 5.68. The highest BCUT2D eigenvalue weighted by molar-refractivity contribution is 5.47. The minimum atomic E-state index is -0.0546. The minimum Gasteiger partial charge on any atom is -0.234 e. The average molecular weight is 210 g/mol. The first-order valence-corrected chi connectivity index (χ1v) is 6.09. The highest BCUT2D eigenvalue weighted by Crippen LogP contribution is 2.43. The predicted octanol–water partition coefficient (Wildman–Crippen LogP) is 4.40. The van der Waals surface area contributed by atoms with Gasteiger partial charge >= 0.3 is 0 Å². The molecule has 1 nitrogen and oxygen atoms in total. The molecular formula is C14H26O. The predicted molar refractivity (Wildman–Crippen MR) is 66.6 cm³/mol. The zero-order valence-corrected chi connectivity index (χ0v) is 11.0. The summed E-state index contributed by atoms with van der Waals surface area (Å²) in [6.07, 6.45) is 8.01. The van der Waals surface area contributed by atoms with Gasteiger partial charge in [-0.15, -0.1) is 0 Å². The van der Waals surface area contributed by atoms with Crippen molar-refractivity contribution in [2.24, 2.45) is 10.8 Å². The van der Waals surface area contributed by atoms with E-state index in [1.165, 1.54) is 32.1 Å². The number of allylic oxidation sites excluding steroid dienone is 1. The van der Waals surface area contributed by atoms with Crippen molar-refractivity contribution in [2.45, 2.75) is 66.7 Å². The summed E-state index contributed by atoms with van der Waals surface area (Å²) >= 11 is 0. The van der Waals surface area contributed by atoms with Crippen molar-refractivity contribution in [2.75, 3.05) is 0 Å². The maximum Gasteiger partial charge on any atom is 0.120 e. The molecule has 0 spiro atoms. The van der Waals surface area contributed by atoms with Gasteiger partial charge in [-0.05, 0) is 17.3 Å². The van der Waals surface area contributed by atoms with Crippen LogP contribution in [-0.2, 0) is 4.79 Å². The maximum atomic E-state index is 10.5. The van der Waals surface area contributed by atoms with Crippen molar-refractivity contribution < 1.29 is 4.79 Å². The van der Waals surface area contributed by atoms with Crippen LogP contribution >= 0.6 is 0 Å². The van der Waals surface area contributed by atoms with Crippen molar-refractivity contribution in [3.8, 4) is 0 Å². The molecule has 0 aromatic heterocycles. The van der Waals surface area contributed by atoms with Gasteiger partial charge in [-0.25, -0.2) is 4.79 Å². The minimum absolute atomic E-state index is 0.0546. The summed E-state index contributed by atoms with van der Waals surface area (Å²) in [4.78, 5) is 10.5. The molecular weight excluding hydrogens is 184 g/mol. The van der Waals surface area contributed by atoms with Gasteiger partial charge in [-0.3, -0.25) is 0 Å². The Balaban J connectivity index is 4.21. The molecule has 1 heteroatoms. The van der Waals surface area contributed by atoms with E-state index in [-0.39, 0.29) is 10.8 Å². The third kappa shape index (κ3) is 4.66. The summed E-state index contributed by atoms with van der Waals surface area (Å²) in [6, 6.07) is 0. The molecule has 0 fully saturated rings. The molecule has 0 bridgehead atoms. The Kier molecular flexibility index (Phi) is 5.90. The highest BCUT2D eigenvalue weighted by atomic mass is 16.1. The van der Waals surface area contributed by atoms with E-state index < -0.39 is 0 Å². The van der Waals surface area contributed by atoms with Crippen LogP contribution in [0.15, 0.2) is 6.08 Å². The second-order valence-corrected chi connectivity index (χ2v) is 5.68. The summed E-state index contributed by atoms with van der Waals surface area (Å²) in [5.41, 5.74) is 0.124. The molecule has 0 aromatic rings. The van der Waals surface area contributed by atoms with Gasteiger partial charge in [-0.1, -0.05) is 60.3 Å². The molecule has 0 aliphatic rings. The third-order valence-electron chi connectivity index (χ3n) is 3.82. The molecule has 0 saturated carbocycles. The summed E-state index contributed by atoms with van der Waals surface area (Å²) in [5.74, 6) is 1.94. The molecule has 88 valence electrons. The number of rotatable bonds is 7. The van der Waals surface area contributed by atoms with Gasteiger partial charge in [0.1, 0.15) is 5.94 Å². The van der Waals surface area contributed by atoms with Crippen LogP contribution in [0, 0.1) is 10.8 Å². The fourth-order valence-electron chi connectivity index (χ4n) is 1.66. The first kappa shape index (κ1) is 14.5. The topological polar surface area (TPSA) is 17.1 Å². The smallest absolute Gasteiger partial charge is 0.120 e. The van der Waals surface area contributed by atoms with Gasteiger partial charge in [0, 0.05) is 6.08 Å². The molecule has 0 amide bonds. The normalized spacial score (nSPS) is 12.3. The monoisotopic (exact) mass is 210 g/mol. The molecule has 0 aliphatic carbocycles. The van der Waals surface area contributed by atoms with E-state index in [2.05, 4.69) is 34.6 Å². The number of hydrogen-bond acceptors (Lipinski definition) is 1. The Morgan fingerprint density at radius 2 is 1.67 bits per heavy atom. The lowest BCUT2D eigenvalue weighted by Crippen LogP contribution is -2.30. The van der Waals surface area contributed by atoms with E-state index in [1.54, 1.807) is 6.08 Å². The molecule has 0 aliphatic heterocycles. The standard InChI is InChI=1S/C14H26O/c1-6-7-8-9-10-13(2,3)14(4,5)11-12-15/h11H,6-10H2,1-5H3. The van der Waals surface area contributed by atoms with Gasteiger partial charge in [-0.2, -0.15) is 0 Å². The van der Waals surface area contributed by atoms with Crippen LogP contribution in [0.1, 0.15) is 66.7 Å². The van der Waals surface area contributed by atoms with Crippen LogP contribution in [0.4, 0.5) is 0 Å². The molecule has 0 saturated heterocycles. The Morgan fingerprint density at radius 3 is 2.13 bits per heavy atom. The van der Waals surface area contributed by atoms with Crippen LogP contribution in [-0.4, -0.2) is 5.94 Å². The fraction of sp³-hybridized carbons (Fsp3) is 0.857. The van der Waals surface area contributed by atoms with Crippen molar-refractivity contribution >= 4 is 5.94 Å². The van der Waals surface area contributed by atoms with E-state index in [9.17, 15) is 4.79 Å². The Labute approximate surface area is 95.0 Å². The van der Waals surface area contributed by atoms with Crippen molar-refractivity contribution in [3.63, 3.8) is 0 Å². The van der Waals surface area contributed by atoms with Crippen LogP contribution in [0.25, 0.3) is 0 Å². The Bertz CT molecular complexity index is 219. The van der Waals surface area contributed by atoms with E-state index in [1.807, 2.05) is 5.94 Å². The third-order valence-corrected chi connectivity index (χ3v) is 3.82. The maximum absolute atomic E-state index is 10.5. The Hall–Kier alpha value is -0.550. The number of carbonyl (C=O) groups excluding carboxylic acids is 1. The van der Waals surface area contributed by atoms with E-state index in [0.717, 1.165) is 0 Å². The molecule has 0 rings (SSSR count). The van der Waals surface area contributed by atoms with Crippen LogP contribution in [0.3, 0.4) is 0 Å². The lowest BCUT2D eigenvalue weighted by Gasteiger charge is -2.39. The zero-order chi connectivity index (χ0) is 11.9. The van der Waals surface area contributed by atoms with Gasteiger partial charge in [0.25, 0.3) is 0 Å². The molecule has 0 atom stereocenters. The number of unbranched alkanes of at least 4 members (excludes halogenated alkanes) is 3. The summed E-state index contributed by atoms with van der Waals surface area (Å²) in [5, 5.41) is 0. The fourth-order valence-corrected chi connectivity index (χ4v) is 1.66. The van der Waals surface area contributed by atoms with E-state index in [0.29, 0.717) is 0 Å². The first-order chi connectivity index (χ1) is 6.87. The van der Waals surface area contributed by atoms with Gasteiger partial charge in [0.05, 0.1) is 0 Å². The lowest BCUT2D eigenvalue weighted by molar-refractivity contribution is 0.147. The van der Waals surface area contributed by atoms with Crippen molar-refractivity contribution in [3.05, 3.63) is 6.08 Å². The van der Waals surface area contributed by atoms with Gasteiger partial charge in [0.15, 0.2) is 0 Å². The van der Waals surface area contributed by atoms with Gasteiger partial charge in [0.2, 0.25) is 0 Å². The quantitative estimate of drug-likeness (QED) is 0.449. The summed E-state index contributed by atoms with van der Waals surface area (Å²) < 4.78 is 0. The molecule has 0 heterocycles. The Morgan fingerprint density at radius 1 is 1.07 bits per heavy atom. The molecule has 0 N–H and O–H groups in total. The van der Waals surface area contributed by atoms with Crippen LogP contribution in [0.2, 0.25) is 0 Å². The number of hydrogen-bond donors (Lipinski definition) is 0. The summed E-state index contributed by atoms with van der Waals surface area (Å²) in [7, 11) is 0. The SMILES string of the molecule is CCCCCCC(C)(C)C(C)(C)C=C=O. The largest absolute Gasteiger partial charge is 0.234 e.